The van der Waals surface area contributed by atoms with Crippen molar-refractivity contribution in [1.82, 2.24) is 9.97 Å². The molecule has 0 unspecified atom stereocenters. The third-order valence-corrected chi connectivity index (χ3v) is 4.02. The van der Waals surface area contributed by atoms with E-state index in [-0.39, 0.29) is 29.9 Å². The molecular weight excluding hydrogens is 396 g/mol. The second kappa shape index (κ2) is 9.07. The summed E-state index contributed by atoms with van der Waals surface area (Å²) in [4.78, 5) is 26.8. The van der Waals surface area contributed by atoms with E-state index in [0.29, 0.717) is 0 Å². The van der Waals surface area contributed by atoms with E-state index >= 15 is 0 Å². The molecule has 0 saturated heterocycles. The van der Waals surface area contributed by atoms with Crippen molar-refractivity contribution >= 4 is 33.7 Å². The molecule has 2 aromatic carbocycles. The van der Waals surface area contributed by atoms with Crippen LogP contribution < -0.4 is 10.2 Å². The van der Waals surface area contributed by atoms with Gasteiger partial charge in [0.2, 0.25) is 0 Å². The van der Waals surface area contributed by atoms with Crippen molar-refractivity contribution in [2.75, 3.05) is 0 Å². The summed E-state index contributed by atoms with van der Waals surface area (Å²) in [6.45, 7) is 0. The summed E-state index contributed by atoms with van der Waals surface area (Å²) in [5.41, 5.74) is 3.46. The normalized spacial score (nSPS) is 10.1. The Morgan fingerprint density at radius 2 is 1.07 bits per heavy atom. The van der Waals surface area contributed by atoms with E-state index in [0.717, 1.165) is 32.9 Å². The Bertz CT molecular complexity index is 982. The van der Waals surface area contributed by atoms with Crippen LogP contribution in [0, 0.1) is 0 Å². The Balaban J connectivity index is 0.000000187. The Hall–Kier alpha value is -3.02. The molecule has 0 fully saturated rings. The number of carbonyl (C=O) groups excluding carboxylic acids is 2. The number of para-hydroxylation sites is 2. The fourth-order valence-electron chi connectivity index (χ4n) is 2.87. The molecule has 7 heteroatoms. The molecule has 4 aromatic rings. The zero-order valence-corrected chi connectivity index (χ0v) is 15.1. The number of aromatic nitrogens is 2. The number of rotatable bonds is 4. The minimum Gasteiger partial charge on any atom is -0.550 e. The molecule has 27 heavy (non-hydrogen) atoms. The number of hydrogen-bond acceptors (Lipinski definition) is 4. The first kappa shape index (κ1) is 20.3. The van der Waals surface area contributed by atoms with E-state index in [2.05, 4.69) is 9.97 Å². The number of H-pyrrole nitrogens is 2. The quantitative estimate of drug-likeness (QED) is 0.486. The zero-order chi connectivity index (χ0) is 18.5. The molecule has 141 valence electrons. The van der Waals surface area contributed by atoms with E-state index < -0.39 is 11.9 Å². The number of benzene rings is 2. The van der Waals surface area contributed by atoms with Gasteiger partial charge in [-0.05, 0) is 23.3 Å². The van der Waals surface area contributed by atoms with Gasteiger partial charge in [0.05, 0.1) is 0 Å². The van der Waals surface area contributed by atoms with Gasteiger partial charge in [-0.25, -0.2) is 0 Å². The fourth-order valence-corrected chi connectivity index (χ4v) is 2.87. The van der Waals surface area contributed by atoms with E-state index in [1.54, 1.807) is 12.4 Å². The second-order valence-electron chi connectivity index (χ2n) is 5.82. The molecule has 0 bridgehead atoms. The summed E-state index contributed by atoms with van der Waals surface area (Å²) in [7, 11) is 0. The van der Waals surface area contributed by atoms with Crippen molar-refractivity contribution in [3.63, 3.8) is 0 Å². The summed E-state index contributed by atoms with van der Waals surface area (Å²) >= 11 is 0. The molecule has 6 nitrogen and oxygen atoms in total. The van der Waals surface area contributed by atoms with Gasteiger partial charge in [0.1, 0.15) is 0 Å². The van der Waals surface area contributed by atoms with Crippen LogP contribution in [0.5, 0.6) is 0 Å². The van der Waals surface area contributed by atoms with Crippen LogP contribution in [0.15, 0.2) is 60.9 Å². The molecule has 0 saturated carbocycles. The van der Waals surface area contributed by atoms with Crippen LogP contribution in [0.2, 0.25) is 0 Å². The van der Waals surface area contributed by atoms with Crippen molar-refractivity contribution in [3.8, 4) is 0 Å². The minimum atomic E-state index is -1.05. The van der Waals surface area contributed by atoms with Gasteiger partial charge in [-0.1, -0.05) is 36.4 Å². The van der Waals surface area contributed by atoms with Crippen molar-refractivity contribution in [3.05, 3.63) is 72.1 Å². The van der Waals surface area contributed by atoms with E-state index in [1.807, 2.05) is 48.5 Å². The number of aromatic amines is 2. The minimum absolute atomic E-state index is 0. The Labute approximate surface area is 165 Å². The van der Waals surface area contributed by atoms with Crippen LogP contribution in [-0.2, 0) is 39.5 Å². The molecule has 2 N–H and O–H groups in total. The van der Waals surface area contributed by atoms with Crippen molar-refractivity contribution in [2.45, 2.75) is 12.8 Å². The predicted octanol–water partition coefficient (Wildman–Crippen LogP) is 0.918. The Morgan fingerprint density at radius 3 is 1.44 bits per heavy atom. The molecular formula is C20H16CuN2O4. The maximum atomic E-state index is 10.4. The smallest absolute Gasteiger partial charge is 0.550 e. The standard InChI is InChI=1S/2C10H9NO2.Cu/c2*12-10(13)5-7-6-11-9-4-2-1-3-8(7)9;/h2*1-4,6,11H,5H2,(H,12,13);/q;;+2/p-2. The third kappa shape index (κ3) is 5.00. The number of carbonyl (C=O) groups is 2. The van der Waals surface area contributed by atoms with Crippen molar-refractivity contribution < 1.29 is 36.9 Å². The van der Waals surface area contributed by atoms with E-state index in [4.69, 9.17) is 0 Å². The van der Waals surface area contributed by atoms with Gasteiger partial charge in [0.25, 0.3) is 0 Å². The van der Waals surface area contributed by atoms with E-state index in [9.17, 15) is 19.8 Å². The molecule has 0 aliphatic carbocycles. The first-order valence-corrected chi connectivity index (χ1v) is 8.04. The van der Waals surface area contributed by atoms with Crippen molar-refractivity contribution in [2.24, 2.45) is 0 Å². The van der Waals surface area contributed by atoms with E-state index in [1.165, 1.54) is 0 Å². The molecule has 1 radical (unpaired) electrons. The summed E-state index contributed by atoms with van der Waals surface area (Å²) < 4.78 is 0. The number of fused-ring (bicyclic) bond motifs is 2. The Kier molecular flexibility index (Phi) is 6.82. The van der Waals surface area contributed by atoms with Crippen LogP contribution in [0.3, 0.4) is 0 Å². The van der Waals surface area contributed by atoms with Crippen LogP contribution in [0.4, 0.5) is 0 Å². The van der Waals surface area contributed by atoms with Crippen LogP contribution in [-0.4, -0.2) is 21.9 Å². The number of nitrogens with one attached hydrogen (secondary N) is 2. The predicted molar refractivity (Wildman–Crippen MR) is 94.0 cm³/mol. The van der Waals surface area contributed by atoms with Gasteiger partial charge < -0.3 is 29.8 Å². The molecule has 0 spiro atoms. The zero-order valence-electron chi connectivity index (χ0n) is 14.1. The molecule has 4 rings (SSSR count). The van der Waals surface area contributed by atoms with Crippen LogP contribution in [0.1, 0.15) is 11.1 Å². The molecule has 0 aliphatic heterocycles. The van der Waals surface area contributed by atoms with Gasteiger partial charge >= 0.3 is 17.1 Å². The van der Waals surface area contributed by atoms with Gasteiger partial charge in [-0.3, -0.25) is 0 Å². The molecule has 0 aliphatic rings. The second-order valence-corrected chi connectivity index (χ2v) is 5.82. The van der Waals surface area contributed by atoms with Gasteiger partial charge in [-0.15, -0.1) is 0 Å². The van der Waals surface area contributed by atoms with Crippen molar-refractivity contribution in [1.29, 1.82) is 0 Å². The summed E-state index contributed by atoms with van der Waals surface area (Å²) in [5.74, 6) is -2.10. The Morgan fingerprint density at radius 1 is 0.704 bits per heavy atom. The first-order valence-electron chi connectivity index (χ1n) is 8.04. The maximum absolute atomic E-state index is 10.4. The topological polar surface area (TPSA) is 112 Å². The largest absolute Gasteiger partial charge is 2.00 e. The molecule has 0 atom stereocenters. The van der Waals surface area contributed by atoms with Gasteiger partial charge in [0.15, 0.2) is 0 Å². The maximum Gasteiger partial charge on any atom is 2.00 e. The SMILES string of the molecule is O=C([O-])Cc1c[nH]c2ccccc12.O=C([O-])Cc1c[nH]c2ccccc12.[Cu+2]. The molecule has 2 aromatic heterocycles. The monoisotopic (exact) mass is 411 g/mol. The van der Waals surface area contributed by atoms with Gasteiger partial charge in [0, 0.05) is 59.0 Å². The summed E-state index contributed by atoms with van der Waals surface area (Å²) in [5, 5.41) is 22.7. The summed E-state index contributed by atoms with van der Waals surface area (Å²) in [6, 6.07) is 15.2. The average molecular weight is 412 g/mol. The third-order valence-electron chi connectivity index (χ3n) is 4.02. The average Bonchev–Trinajstić information content (AvgIpc) is 3.20. The number of carboxylic acid groups (broad SMARTS) is 2. The van der Waals surface area contributed by atoms with Gasteiger partial charge in [-0.2, -0.15) is 0 Å². The molecule has 0 amide bonds. The number of aliphatic carboxylic acids is 2. The number of carboxylic acids is 2. The molecule has 2 heterocycles. The first-order chi connectivity index (χ1) is 12.5. The fraction of sp³-hybridized carbons (Fsp3) is 0.100. The summed E-state index contributed by atoms with van der Waals surface area (Å²) in [6.07, 6.45) is 3.34. The number of hydrogen-bond donors (Lipinski definition) is 2. The van der Waals surface area contributed by atoms with Crippen LogP contribution in [0.25, 0.3) is 21.8 Å². The van der Waals surface area contributed by atoms with Crippen LogP contribution >= 0.6 is 0 Å².